The van der Waals surface area contributed by atoms with Crippen LogP contribution in [-0.4, -0.2) is 82.3 Å². The Balaban J connectivity index is 1.20. The molecule has 4 aromatic rings. The average Bonchev–Trinajstić information content (AvgIpc) is 3.53. The number of rotatable bonds is 8. The monoisotopic (exact) mass is 525 g/mol. The van der Waals surface area contributed by atoms with Crippen molar-refractivity contribution in [2.24, 2.45) is 0 Å². The van der Waals surface area contributed by atoms with E-state index in [1.165, 1.54) is 0 Å². The van der Waals surface area contributed by atoms with Crippen molar-refractivity contribution in [3.63, 3.8) is 0 Å². The molecule has 2 aromatic carbocycles. The normalized spacial score (nSPS) is 17.0. The first-order valence-electron chi connectivity index (χ1n) is 13.9. The molecule has 2 aliphatic heterocycles. The van der Waals surface area contributed by atoms with Crippen molar-refractivity contribution in [3.05, 3.63) is 72.8 Å². The molecule has 0 bridgehead atoms. The molecule has 0 radical (unpaired) electrons. The van der Waals surface area contributed by atoms with Gasteiger partial charge in [0.2, 0.25) is 0 Å². The summed E-state index contributed by atoms with van der Waals surface area (Å²) in [7, 11) is 0. The number of amides is 1. The first kappa shape index (κ1) is 25.5. The molecule has 1 N–H and O–H groups in total. The van der Waals surface area contributed by atoms with Crippen molar-refractivity contribution in [1.82, 2.24) is 29.7 Å². The summed E-state index contributed by atoms with van der Waals surface area (Å²) in [6.07, 6.45) is 8.52. The fraction of sp³-hybridized carbons (Fsp3) is 0.400. The molecule has 6 rings (SSSR count). The number of aromatic nitrogens is 4. The number of carbonyl (C=O) groups is 1. The Morgan fingerprint density at radius 1 is 0.974 bits per heavy atom. The van der Waals surface area contributed by atoms with Gasteiger partial charge in [-0.3, -0.25) is 9.69 Å². The summed E-state index contributed by atoms with van der Waals surface area (Å²) < 4.78 is 7.56. The van der Waals surface area contributed by atoms with E-state index in [1.54, 1.807) is 12.5 Å². The molecule has 0 unspecified atom stereocenters. The molecule has 9 nitrogen and oxygen atoms in total. The molecule has 2 aromatic heterocycles. The number of carbonyl (C=O) groups excluding carboxylic acids is 1. The van der Waals surface area contributed by atoms with Crippen LogP contribution in [0.4, 0.5) is 5.82 Å². The number of piperidine rings is 1. The van der Waals surface area contributed by atoms with Gasteiger partial charge in [-0.1, -0.05) is 30.3 Å². The highest BCUT2D eigenvalue weighted by atomic mass is 16.5. The third kappa shape index (κ3) is 5.94. The van der Waals surface area contributed by atoms with Crippen LogP contribution >= 0.6 is 0 Å². The van der Waals surface area contributed by atoms with Gasteiger partial charge in [0, 0.05) is 68.8 Å². The van der Waals surface area contributed by atoms with Crippen LogP contribution in [0.25, 0.3) is 22.3 Å². The van der Waals surface area contributed by atoms with E-state index >= 15 is 0 Å². The highest BCUT2D eigenvalue weighted by molar-refractivity contribution is 5.97. The van der Waals surface area contributed by atoms with Crippen LogP contribution in [0, 0.1) is 0 Å². The van der Waals surface area contributed by atoms with Crippen molar-refractivity contribution in [2.45, 2.75) is 31.8 Å². The second-order valence-corrected chi connectivity index (χ2v) is 10.2. The fourth-order valence-corrected chi connectivity index (χ4v) is 5.57. The van der Waals surface area contributed by atoms with Crippen LogP contribution in [0.15, 0.2) is 67.3 Å². The van der Waals surface area contributed by atoms with Crippen LogP contribution in [0.1, 0.15) is 29.6 Å². The Hall–Kier alpha value is -3.82. The van der Waals surface area contributed by atoms with E-state index < -0.39 is 0 Å². The van der Waals surface area contributed by atoms with Crippen LogP contribution < -0.4 is 10.2 Å². The van der Waals surface area contributed by atoms with Gasteiger partial charge < -0.3 is 19.5 Å². The van der Waals surface area contributed by atoms with Crippen LogP contribution in [0.3, 0.4) is 0 Å². The Bertz CT molecular complexity index is 1380. The van der Waals surface area contributed by atoms with Crippen LogP contribution in [0.2, 0.25) is 0 Å². The van der Waals surface area contributed by atoms with Crippen molar-refractivity contribution in [2.75, 3.05) is 50.8 Å². The molecule has 2 fully saturated rings. The molecule has 39 heavy (non-hydrogen) atoms. The van der Waals surface area contributed by atoms with Gasteiger partial charge in [0.05, 0.1) is 30.6 Å². The van der Waals surface area contributed by atoms with E-state index in [0.29, 0.717) is 18.2 Å². The molecule has 2 aliphatic rings. The third-order valence-electron chi connectivity index (χ3n) is 7.72. The van der Waals surface area contributed by atoms with Crippen LogP contribution in [-0.2, 0) is 11.3 Å². The first-order chi connectivity index (χ1) is 19.2. The summed E-state index contributed by atoms with van der Waals surface area (Å²) in [6.45, 7) is 7.02. The van der Waals surface area contributed by atoms with Gasteiger partial charge in [-0.15, -0.1) is 0 Å². The van der Waals surface area contributed by atoms with Gasteiger partial charge in [-0.2, -0.15) is 0 Å². The maximum absolute atomic E-state index is 12.9. The largest absolute Gasteiger partial charge is 0.379 e. The van der Waals surface area contributed by atoms with Crippen molar-refractivity contribution >= 4 is 22.8 Å². The lowest BCUT2D eigenvalue weighted by atomic mass is 10.0. The zero-order chi connectivity index (χ0) is 26.4. The van der Waals surface area contributed by atoms with E-state index in [2.05, 4.69) is 32.2 Å². The molecule has 2 saturated heterocycles. The Morgan fingerprint density at radius 2 is 1.79 bits per heavy atom. The van der Waals surface area contributed by atoms with E-state index in [0.717, 1.165) is 93.3 Å². The minimum Gasteiger partial charge on any atom is -0.379 e. The molecule has 0 saturated carbocycles. The van der Waals surface area contributed by atoms with Crippen molar-refractivity contribution in [3.8, 4) is 11.3 Å². The second-order valence-electron chi connectivity index (χ2n) is 10.2. The lowest BCUT2D eigenvalue weighted by molar-refractivity contribution is 0.0115. The molecule has 4 heterocycles. The zero-order valence-corrected chi connectivity index (χ0v) is 22.2. The second kappa shape index (κ2) is 11.9. The smallest absolute Gasteiger partial charge is 0.251 e. The molecule has 0 spiro atoms. The number of nitrogens with zero attached hydrogens (tertiary/aromatic N) is 6. The molecular formula is C30H35N7O2. The lowest BCUT2D eigenvalue weighted by Crippen LogP contribution is -2.49. The van der Waals surface area contributed by atoms with E-state index in [1.807, 2.05) is 47.2 Å². The Kier molecular flexibility index (Phi) is 7.78. The maximum Gasteiger partial charge on any atom is 0.251 e. The average molecular weight is 526 g/mol. The number of ether oxygens (including phenoxy) is 1. The van der Waals surface area contributed by atoms with Gasteiger partial charge in [0.1, 0.15) is 5.69 Å². The van der Waals surface area contributed by atoms with Gasteiger partial charge in [-0.25, -0.2) is 15.0 Å². The van der Waals surface area contributed by atoms with Crippen molar-refractivity contribution < 1.29 is 9.53 Å². The number of morpholine rings is 1. The quantitative estimate of drug-likeness (QED) is 0.352. The SMILES string of the molecule is O=C(NCCCn1ccnc1)c1ccc2nc(N3CCC(N4CCOCC4)CC3)c(-c3ccccc3)nc2c1. The van der Waals surface area contributed by atoms with E-state index in [4.69, 9.17) is 14.7 Å². The summed E-state index contributed by atoms with van der Waals surface area (Å²) in [4.78, 5) is 32.1. The number of hydrogen-bond donors (Lipinski definition) is 1. The zero-order valence-electron chi connectivity index (χ0n) is 22.2. The summed E-state index contributed by atoms with van der Waals surface area (Å²) >= 11 is 0. The molecule has 0 aliphatic carbocycles. The molecular weight excluding hydrogens is 490 g/mol. The summed E-state index contributed by atoms with van der Waals surface area (Å²) in [5, 5.41) is 3.03. The van der Waals surface area contributed by atoms with Crippen LogP contribution in [0.5, 0.6) is 0 Å². The number of benzene rings is 2. The maximum atomic E-state index is 12.9. The molecule has 1 amide bonds. The lowest BCUT2D eigenvalue weighted by Gasteiger charge is -2.40. The van der Waals surface area contributed by atoms with Gasteiger partial charge in [0.25, 0.3) is 5.91 Å². The van der Waals surface area contributed by atoms with Gasteiger partial charge >= 0.3 is 0 Å². The molecule has 9 heteroatoms. The topological polar surface area (TPSA) is 88.4 Å². The van der Waals surface area contributed by atoms with Gasteiger partial charge in [0.15, 0.2) is 5.82 Å². The Morgan fingerprint density at radius 3 is 2.56 bits per heavy atom. The predicted octanol–water partition coefficient (Wildman–Crippen LogP) is 3.61. The minimum atomic E-state index is -0.0974. The number of hydrogen-bond acceptors (Lipinski definition) is 7. The van der Waals surface area contributed by atoms with Gasteiger partial charge in [-0.05, 0) is 37.5 Å². The minimum absolute atomic E-state index is 0.0974. The summed E-state index contributed by atoms with van der Waals surface area (Å²) in [5.74, 6) is 0.825. The standard InChI is InChI=1S/C30H35N7O2/c38-30(32-11-4-13-35-16-12-31-22-35)24-7-8-26-27(21-24)33-28(23-5-2-1-3-6-23)29(34-26)37-14-9-25(10-15-37)36-17-19-39-20-18-36/h1-3,5-8,12,16,21-22,25H,4,9-11,13-15,17-20H2,(H,32,38). The third-order valence-corrected chi connectivity index (χ3v) is 7.72. The molecule has 0 atom stereocenters. The number of fused-ring (bicyclic) bond motifs is 1. The molecule has 202 valence electrons. The highest BCUT2D eigenvalue weighted by Gasteiger charge is 2.28. The predicted molar refractivity (Wildman–Crippen MR) is 152 cm³/mol. The van der Waals surface area contributed by atoms with E-state index in [-0.39, 0.29) is 5.91 Å². The summed E-state index contributed by atoms with van der Waals surface area (Å²) in [5.41, 5.74) is 4.03. The first-order valence-corrected chi connectivity index (χ1v) is 13.9. The Labute approximate surface area is 228 Å². The van der Waals surface area contributed by atoms with Crippen molar-refractivity contribution in [1.29, 1.82) is 0 Å². The number of aryl methyl sites for hydroxylation is 1. The highest BCUT2D eigenvalue weighted by Crippen LogP contribution is 2.32. The fourth-order valence-electron chi connectivity index (χ4n) is 5.57. The van der Waals surface area contributed by atoms with E-state index in [9.17, 15) is 4.79 Å². The number of anilines is 1. The summed E-state index contributed by atoms with van der Waals surface area (Å²) in [6, 6.07) is 16.5. The number of nitrogens with one attached hydrogen (secondary N) is 1. The number of imidazole rings is 1.